The van der Waals surface area contributed by atoms with Crippen LogP contribution in [0.2, 0.25) is 0 Å². The molecule has 11 nitrogen and oxygen atoms in total. The molecule has 1 fully saturated rings. The van der Waals surface area contributed by atoms with E-state index in [0.717, 1.165) is 22.9 Å². The van der Waals surface area contributed by atoms with E-state index in [-0.39, 0.29) is 16.7 Å². The van der Waals surface area contributed by atoms with Gasteiger partial charge in [0.2, 0.25) is 11.7 Å². The number of hydrogen-bond donors (Lipinski definition) is 1. The molecular formula is C33H25FN2O9. The molecule has 4 aromatic rings. The van der Waals surface area contributed by atoms with Crippen LogP contribution in [0.5, 0.6) is 0 Å². The number of aromatic amines is 1. The minimum Gasteiger partial charge on any atom is -0.456 e. The van der Waals surface area contributed by atoms with Crippen molar-refractivity contribution in [2.24, 2.45) is 0 Å². The summed E-state index contributed by atoms with van der Waals surface area (Å²) in [5.74, 6) is -6.29. The highest BCUT2D eigenvalue weighted by Crippen LogP contribution is 2.50. The van der Waals surface area contributed by atoms with Gasteiger partial charge in [-0.25, -0.2) is 23.6 Å². The first kappa shape index (κ1) is 30.6. The summed E-state index contributed by atoms with van der Waals surface area (Å²) >= 11 is 0. The Kier molecular flexibility index (Phi) is 8.71. The third-order valence-corrected chi connectivity index (χ3v) is 6.85. The number of benzene rings is 3. The van der Waals surface area contributed by atoms with Crippen molar-refractivity contribution >= 4 is 17.9 Å². The zero-order valence-corrected chi connectivity index (χ0v) is 23.5. The largest absolute Gasteiger partial charge is 0.456 e. The van der Waals surface area contributed by atoms with Gasteiger partial charge in [0.05, 0.1) is 16.7 Å². The van der Waals surface area contributed by atoms with Crippen molar-refractivity contribution in [2.75, 3.05) is 6.61 Å². The number of nitrogens with zero attached hydrogens (tertiary/aromatic N) is 1. The van der Waals surface area contributed by atoms with Crippen molar-refractivity contribution in [3.05, 3.63) is 159 Å². The Labute approximate surface area is 254 Å². The molecule has 45 heavy (non-hydrogen) atoms. The average Bonchev–Trinajstić information content (AvgIpc) is 3.28. The van der Waals surface area contributed by atoms with E-state index in [1.807, 2.05) is 4.98 Å². The molecule has 0 bridgehead atoms. The Bertz CT molecular complexity index is 1870. The maximum absolute atomic E-state index is 17.3. The second-order valence-corrected chi connectivity index (χ2v) is 9.82. The molecule has 1 aliphatic rings. The standard InChI is InChI=1S/C33H25FN2O9/c1-2-19-32(44-28(40)24-16-10-5-11-17-24)29(43-27(39)23-14-8-4-9-15-23)33(34,21-42-26(38)22-12-6-3-7-13-22)45-30(32)36-20-18-25(37)35-31(36)41/h3-20,29-30H,1,21H2,(H,35,37,41)/t29-,30+,32+,33+/m0/s1. The van der Waals surface area contributed by atoms with Crippen LogP contribution < -0.4 is 11.2 Å². The van der Waals surface area contributed by atoms with Gasteiger partial charge in [-0.3, -0.25) is 14.3 Å². The molecule has 228 valence electrons. The van der Waals surface area contributed by atoms with Gasteiger partial charge in [-0.05, 0) is 36.4 Å². The predicted molar refractivity (Wildman–Crippen MR) is 156 cm³/mol. The van der Waals surface area contributed by atoms with Crippen LogP contribution >= 0.6 is 0 Å². The van der Waals surface area contributed by atoms with E-state index in [4.69, 9.17) is 18.9 Å². The number of esters is 3. The van der Waals surface area contributed by atoms with Gasteiger partial charge >= 0.3 is 23.6 Å². The molecule has 4 atom stereocenters. The number of ether oxygens (including phenoxy) is 4. The molecule has 0 unspecified atom stereocenters. The van der Waals surface area contributed by atoms with E-state index in [1.165, 1.54) is 36.4 Å². The number of halogens is 1. The van der Waals surface area contributed by atoms with Crippen LogP contribution in [0.25, 0.3) is 0 Å². The summed E-state index contributed by atoms with van der Waals surface area (Å²) in [6.07, 6.45) is -2.23. The molecule has 2 heterocycles. The fraction of sp³-hybridized carbons (Fsp3) is 0.152. The fourth-order valence-corrected chi connectivity index (χ4v) is 4.79. The lowest BCUT2D eigenvalue weighted by atomic mass is 9.91. The summed E-state index contributed by atoms with van der Waals surface area (Å²) in [5, 5.41) is 0. The minimum atomic E-state index is -3.25. The second kappa shape index (κ2) is 12.8. The molecule has 0 radical (unpaired) electrons. The van der Waals surface area contributed by atoms with E-state index < -0.39 is 59.6 Å². The molecule has 5 rings (SSSR count). The topological polar surface area (TPSA) is 143 Å². The Morgan fingerprint density at radius 1 is 0.867 bits per heavy atom. The number of carbonyl (C=O) groups excluding carboxylic acids is 3. The first-order valence-electron chi connectivity index (χ1n) is 13.5. The smallest absolute Gasteiger partial charge is 0.339 e. The summed E-state index contributed by atoms with van der Waals surface area (Å²) in [4.78, 5) is 66.7. The molecule has 3 aromatic carbocycles. The van der Waals surface area contributed by atoms with Crippen LogP contribution in [0.15, 0.2) is 131 Å². The quantitative estimate of drug-likeness (QED) is 0.170. The molecule has 0 spiro atoms. The van der Waals surface area contributed by atoms with Crippen molar-refractivity contribution in [2.45, 2.75) is 23.8 Å². The van der Waals surface area contributed by atoms with Crippen molar-refractivity contribution in [3.8, 4) is 0 Å². The van der Waals surface area contributed by atoms with Crippen LogP contribution in [-0.2, 0) is 18.9 Å². The average molecular weight is 613 g/mol. The highest BCUT2D eigenvalue weighted by molar-refractivity contribution is 5.91. The Morgan fingerprint density at radius 3 is 1.93 bits per heavy atom. The summed E-state index contributed by atoms with van der Waals surface area (Å²) in [6, 6.07) is 23.7. The molecule has 0 aliphatic carbocycles. The Morgan fingerprint density at radius 2 is 1.40 bits per heavy atom. The molecule has 0 amide bonds. The van der Waals surface area contributed by atoms with Gasteiger partial charge in [0.15, 0.2) is 12.8 Å². The molecule has 1 aliphatic heterocycles. The summed E-state index contributed by atoms with van der Waals surface area (Å²) in [7, 11) is 0. The lowest BCUT2D eigenvalue weighted by molar-refractivity contribution is -0.208. The van der Waals surface area contributed by atoms with E-state index in [2.05, 4.69) is 12.3 Å². The van der Waals surface area contributed by atoms with Gasteiger partial charge < -0.3 is 18.9 Å². The van der Waals surface area contributed by atoms with Crippen LogP contribution in [0.3, 0.4) is 0 Å². The summed E-state index contributed by atoms with van der Waals surface area (Å²) < 4.78 is 40.6. The number of rotatable bonds is 9. The van der Waals surface area contributed by atoms with Gasteiger partial charge in [0.25, 0.3) is 11.4 Å². The lowest BCUT2D eigenvalue weighted by Gasteiger charge is -2.35. The number of nitrogens with one attached hydrogen (secondary N) is 1. The maximum atomic E-state index is 17.3. The molecule has 1 aromatic heterocycles. The summed E-state index contributed by atoms with van der Waals surface area (Å²) in [5.41, 5.74) is -1.85. The SMILES string of the molecule is C=C=C[C@]1(OC(=O)c2ccccc2)[C@H](n2ccc(=O)[nH]c2=O)O[C@](F)(COC(=O)c2ccccc2)[C@H]1OC(=O)c1ccccc1. The normalized spacial score (nSPS) is 22.1. The van der Waals surface area contributed by atoms with Gasteiger partial charge in [-0.15, -0.1) is 5.73 Å². The third kappa shape index (κ3) is 6.28. The number of alkyl halides is 1. The molecule has 0 saturated carbocycles. The predicted octanol–water partition coefficient (Wildman–Crippen LogP) is 3.75. The van der Waals surface area contributed by atoms with Crippen molar-refractivity contribution in [1.29, 1.82) is 0 Å². The molecular weight excluding hydrogens is 587 g/mol. The van der Waals surface area contributed by atoms with E-state index >= 15 is 4.39 Å². The third-order valence-electron chi connectivity index (χ3n) is 6.85. The fourth-order valence-electron chi connectivity index (χ4n) is 4.79. The number of aromatic nitrogens is 2. The summed E-state index contributed by atoms with van der Waals surface area (Å²) in [6.45, 7) is 2.34. The number of H-pyrrole nitrogens is 1. The molecule has 1 N–H and O–H groups in total. The molecule has 12 heteroatoms. The Balaban J connectivity index is 1.66. The van der Waals surface area contributed by atoms with E-state index in [1.54, 1.807) is 54.6 Å². The van der Waals surface area contributed by atoms with Crippen LogP contribution in [0.4, 0.5) is 4.39 Å². The monoisotopic (exact) mass is 612 g/mol. The highest BCUT2D eigenvalue weighted by Gasteiger charge is 2.71. The number of carbonyl (C=O) groups is 3. The zero-order valence-electron chi connectivity index (χ0n) is 23.5. The van der Waals surface area contributed by atoms with Crippen molar-refractivity contribution < 1.29 is 37.7 Å². The van der Waals surface area contributed by atoms with Crippen molar-refractivity contribution in [1.82, 2.24) is 9.55 Å². The van der Waals surface area contributed by atoms with Gasteiger partial charge in [0.1, 0.15) is 0 Å². The van der Waals surface area contributed by atoms with Crippen LogP contribution in [0, 0.1) is 0 Å². The van der Waals surface area contributed by atoms with E-state index in [0.29, 0.717) is 0 Å². The lowest BCUT2D eigenvalue weighted by Crippen LogP contribution is -2.55. The minimum absolute atomic E-state index is 0.00310. The first-order valence-corrected chi connectivity index (χ1v) is 13.5. The van der Waals surface area contributed by atoms with Gasteiger partial charge in [-0.1, -0.05) is 61.2 Å². The highest BCUT2D eigenvalue weighted by atomic mass is 19.2. The molecule has 1 saturated heterocycles. The van der Waals surface area contributed by atoms with Gasteiger partial charge in [-0.2, -0.15) is 0 Å². The maximum Gasteiger partial charge on any atom is 0.339 e. The van der Waals surface area contributed by atoms with Crippen LogP contribution in [-0.4, -0.2) is 51.6 Å². The Hall–Kier alpha value is -5.84. The zero-order chi connectivity index (χ0) is 32.0. The van der Waals surface area contributed by atoms with Crippen molar-refractivity contribution in [3.63, 3.8) is 0 Å². The van der Waals surface area contributed by atoms with Crippen LogP contribution in [0.1, 0.15) is 37.3 Å². The second-order valence-electron chi connectivity index (χ2n) is 9.82. The van der Waals surface area contributed by atoms with Gasteiger partial charge in [0, 0.05) is 18.3 Å². The number of hydrogen-bond acceptors (Lipinski definition) is 9. The van der Waals surface area contributed by atoms with E-state index in [9.17, 15) is 24.0 Å². The first-order chi connectivity index (χ1) is 21.7.